The van der Waals surface area contributed by atoms with Crippen molar-refractivity contribution in [2.75, 3.05) is 0 Å². The third kappa shape index (κ3) is 2.43. The normalized spacial score (nSPS) is 30.1. The molecule has 2 fully saturated rings. The van der Waals surface area contributed by atoms with Gasteiger partial charge in [0, 0.05) is 19.2 Å². The number of fused-ring (bicyclic) bond motifs is 2. The Hall–Kier alpha value is -0.880. The molecule has 5 nitrogen and oxygen atoms in total. The summed E-state index contributed by atoms with van der Waals surface area (Å²) in [5.41, 5.74) is 0. The molecule has 0 amide bonds. The van der Waals surface area contributed by atoms with Crippen molar-refractivity contribution in [3.63, 3.8) is 0 Å². The largest absolute Gasteiger partial charge is 0.333 e. The van der Waals surface area contributed by atoms with Gasteiger partial charge in [-0.05, 0) is 37.0 Å². The van der Waals surface area contributed by atoms with Crippen LogP contribution >= 0.6 is 0 Å². The van der Waals surface area contributed by atoms with Crippen molar-refractivity contribution >= 4 is 10.0 Å². The summed E-state index contributed by atoms with van der Waals surface area (Å²) in [7, 11) is -3.69. The van der Waals surface area contributed by atoms with Crippen LogP contribution in [0.15, 0.2) is 11.2 Å². The Morgan fingerprint density at radius 3 is 2.74 bits per heavy atom. The summed E-state index contributed by atoms with van der Waals surface area (Å²) in [4.78, 5) is 4.15. The smallest absolute Gasteiger partial charge is 0.257 e. The number of aryl methyl sites for hydroxylation is 1. The van der Waals surface area contributed by atoms with E-state index in [4.69, 9.17) is 5.14 Å². The fraction of sp³-hybridized carbons (Fsp3) is 0.769. The van der Waals surface area contributed by atoms with Gasteiger partial charge in [0.15, 0.2) is 5.03 Å². The van der Waals surface area contributed by atoms with Crippen LogP contribution in [0.5, 0.6) is 0 Å². The Balaban J connectivity index is 1.82. The van der Waals surface area contributed by atoms with Gasteiger partial charge in [0.2, 0.25) is 0 Å². The molecule has 2 aliphatic carbocycles. The average molecular weight is 283 g/mol. The van der Waals surface area contributed by atoms with Crippen molar-refractivity contribution in [1.29, 1.82) is 0 Å². The summed E-state index contributed by atoms with van der Waals surface area (Å²) in [6, 6.07) is 0. The molecule has 2 aliphatic rings. The molecule has 2 saturated carbocycles. The van der Waals surface area contributed by atoms with Crippen LogP contribution in [0.2, 0.25) is 0 Å². The number of imidazole rings is 1. The molecular formula is C13H21N3O2S. The molecule has 3 atom stereocenters. The van der Waals surface area contributed by atoms with Crippen LogP contribution in [0.3, 0.4) is 0 Å². The summed E-state index contributed by atoms with van der Waals surface area (Å²) in [5, 5.41) is 5.17. The van der Waals surface area contributed by atoms with Crippen LogP contribution < -0.4 is 5.14 Å². The molecule has 0 aliphatic heterocycles. The van der Waals surface area contributed by atoms with Crippen molar-refractivity contribution in [2.45, 2.75) is 50.6 Å². The Morgan fingerprint density at radius 1 is 1.42 bits per heavy atom. The lowest BCUT2D eigenvalue weighted by Crippen LogP contribution is -2.18. The molecule has 0 spiro atoms. The first kappa shape index (κ1) is 13.1. The lowest BCUT2D eigenvalue weighted by Gasteiger charge is -2.22. The second-order valence-electron chi connectivity index (χ2n) is 5.98. The second kappa shape index (κ2) is 4.59. The predicted molar refractivity (Wildman–Crippen MR) is 71.9 cm³/mol. The van der Waals surface area contributed by atoms with Crippen molar-refractivity contribution in [2.24, 2.45) is 22.9 Å². The first-order chi connectivity index (χ1) is 8.97. The number of primary sulfonamides is 1. The molecule has 0 radical (unpaired) electrons. The number of sulfonamides is 1. The van der Waals surface area contributed by atoms with E-state index in [1.165, 1.54) is 25.7 Å². The van der Waals surface area contributed by atoms with Gasteiger partial charge < -0.3 is 4.57 Å². The summed E-state index contributed by atoms with van der Waals surface area (Å²) in [6.45, 7) is 2.89. The van der Waals surface area contributed by atoms with Gasteiger partial charge in [-0.3, -0.25) is 0 Å². The van der Waals surface area contributed by atoms with Crippen LogP contribution in [0.4, 0.5) is 0 Å². The van der Waals surface area contributed by atoms with E-state index in [1.807, 2.05) is 11.5 Å². The Morgan fingerprint density at radius 2 is 2.21 bits per heavy atom. The molecule has 0 aromatic carbocycles. The summed E-state index contributed by atoms with van der Waals surface area (Å²) >= 11 is 0. The van der Waals surface area contributed by atoms with Gasteiger partial charge in [-0.15, -0.1) is 0 Å². The summed E-state index contributed by atoms with van der Waals surface area (Å²) < 4.78 is 24.8. The molecule has 0 saturated heterocycles. The number of nitrogens with two attached hydrogens (primary N) is 1. The van der Waals surface area contributed by atoms with Crippen molar-refractivity contribution in [3.05, 3.63) is 12.0 Å². The maximum atomic E-state index is 11.4. The average Bonchev–Trinajstić information content (AvgIpc) is 3.01. The first-order valence-electron chi connectivity index (χ1n) is 7.06. The van der Waals surface area contributed by atoms with Crippen LogP contribution in [0.25, 0.3) is 0 Å². The molecule has 3 rings (SSSR count). The van der Waals surface area contributed by atoms with E-state index in [0.29, 0.717) is 5.92 Å². The highest BCUT2D eigenvalue weighted by atomic mass is 32.2. The maximum absolute atomic E-state index is 11.4. The molecule has 3 unspecified atom stereocenters. The highest BCUT2D eigenvalue weighted by molar-refractivity contribution is 7.89. The van der Waals surface area contributed by atoms with E-state index in [1.54, 1.807) is 6.20 Å². The van der Waals surface area contributed by atoms with Crippen LogP contribution in [-0.2, 0) is 23.0 Å². The van der Waals surface area contributed by atoms with Crippen LogP contribution in [-0.4, -0.2) is 18.0 Å². The van der Waals surface area contributed by atoms with Crippen molar-refractivity contribution in [3.8, 4) is 0 Å². The highest BCUT2D eigenvalue weighted by Gasteiger charge is 2.39. The zero-order chi connectivity index (χ0) is 13.6. The van der Waals surface area contributed by atoms with Gasteiger partial charge in [0.25, 0.3) is 10.0 Å². The lowest BCUT2D eigenvalue weighted by atomic mass is 9.89. The Bertz CT molecular complexity index is 579. The number of hydrogen-bond acceptors (Lipinski definition) is 3. The van der Waals surface area contributed by atoms with Gasteiger partial charge in [-0.2, -0.15) is 0 Å². The number of aromatic nitrogens is 2. The lowest BCUT2D eigenvalue weighted by molar-refractivity contribution is 0.293. The van der Waals surface area contributed by atoms with Gasteiger partial charge >= 0.3 is 0 Å². The molecule has 1 aromatic rings. The molecule has 6 heteroatoms. The zero-order valence-electron chi connectivity index (χ0n) is 11.2. The second-order valence-corrected chi connectivity index (χ2v) is 7.49. The van der Waals surface area contributed by atoms with Gasteiger partial charge in [0.1, 0.15) is 5.82 Å². The monoisotopic (exact) mass is 283 g/mol. The summed E-state index contributed by atoms with van der Waals surface area (Å²) in [5.74, 6) is 3.25. The third-order valence-electron chi connectivity index (χ3n) is 4.76. The van der Waals surface area contributed by atoms with Gasteiger partial charge in [-0.25, -0.2) is 18.5 Å². The minimum atomic E-state index is -3.69. The van der Waals surface area contributed by atoms with E-state index in [9.17, 15) is 8.42 Å². The van der Waals surface area contributed by atoms with E-state index >= 15 is 0 Å². The molecule has 19 heavy (non-hydrogen) atoms. The fourth-order valence-corrected chi connectivity index (χ4v) is 4.36. The predicted octanol–water partition coefficient (Wildman–Crippen LogP) is 1.53. The van der Waals surface area contributed by atoms with Crippen LogP contribution in [0, 0.1) is 17.8 Å². The SMILES string of the molecule is CCc1nc(S(N)(=O)=O)cn1CC1CC2CCC1C2. The minimum Gasteiger partial charge on any atom is -0.333 e. The highest BCUT2D eigenvalue weighted by Crippen LogP contribution is 2.48. The van der Waals surface area contributed by atoms with E-state index in [0.717, 1.165) is 30.6 Å². The molecule has 2 N–H and O–H groups in total. The minimum absolute atomic E-state index is 0.00695. The zero-order valence-corrected chi connectivity index (χ0v) is 12.1. The van der Waals surface area contributed by atoms with Gasteiger partial charge in [0.05, 0.1) is 0 Å². The molecule has 106 valence electrons. The summed E-state index contributed by atoms with van der Waals surface area (Å²) in [6.07, 6.45) is 7.72. The van der Waals surface area contributed by atoms with Crippen molar-refractivity contribution < 1.29 is 8.42 Å². The Kier molecular flexibility index (Phi) is 3.17. The molecular weight excluding hydrogens is 262 g/mol. The third-order valence-corrected chi connectivity index (χ3v) is 5.54. The molecule has 1 heterocycles. The van der Waals surface area contributed by atoms with Gasteiger partial charge in [-0.1, -0.05) is 13.3 Å². The number of rotatable bonds is 4. The molecule has 1 aromatic heterocycles. The maximum Gasteiger partial charge on any atom is 0.257 e. The first-order valence-corrected chi connectivity index (χ1v) is 8.61. The molecule has 2 bridgehead atoms. The van der Waals surface area contributed by atoms with E-state index < -0.39 is 10.0 Å². The Labute approximate surface area is 114 Å². The number of nitrogens with zero attached hydrogens (tertiary/aromatic N) is 2. The quantitative estimate of drug-likeness (QED) is 0.910. The van der Waals surface area contributed by atoms with E-state index in [2.05, 4.69) is 4.98 Å². The van der Waals surface area contributed by atoms with E-state index in [-0.39, 0.29) is 5.03 Å². The standard InChI is InChI=1S/C13H21N3O2S/c1-2-12-15-13(19(14,17)18)8-16(12)7-11-6-9-3-4-10(11)5-9/h8-11H,2-7H2,1H3,(H2,14,17,18). The topological polar surface area (TPSA) is 78.0 Å². The van der Waals surface area contributed by atoms with Crippen LogP contribution in [0.1, 0.15) is 38.4 Å². The number of hydrogen-bond donors (Lipinski definition) is 1. The van der Waals surface area contributed by atoms with Crippen molar-refractivity contribution in [1.82, 2.24) is 9.55 Å². The fourth-order valence-electron chi connectivity index (χ4n) is 3.86.